The molecule has 8 heteroatoms. The van der Waals surface area contributed by atoms with Gasteiger partial charge in [-0.3, -0.25) is 4.79 Å². The Kier molecular flexibility index (Phi) is 4.66. The molecule has 0 radical (unpaired) electrons. The van der Waals surface area contributed by atoms with Gasteiger partial charge in [-0.1, -0.05) is 11.6 Å². The standard InChI is InChI=1S/C21H21ClN4O3/c22-13-7-12-8-18(21(28)26-6-5-23-14(10-26)11-27)29-19(12)17(9-13)15-1-3-24-20-16(15)2-4-25-20/h1-4,7,9,14,18,23,27H,5-6,8,10-11H2,(H,24,25). The summed E-state index contributed by atoms with van der Waals surface area (Å²) in [5.74, 6) is 0.653. The highest BCUT2D eigenvalue weighted by molar-refractivity contribution is 6.31. The molecule has 3 N–H and O–H groups in total. The number of fused-ring (bicyclic) bond motifs is 2. The number of hydrogen-bond acceptors (Lipinski definition) is 5. The Morgan fingerprint density at radius 1 is 1.34 bits per heavy atom. The summed E-state index contributed by atoms with van der Waals surface area (Å²) in [7, 11) is 0. The Morgan fingerprint density at radius 2 is 2.24 bits per heavy atom. The van der Waals surface area contributed by atoms with Crippen molar-refractivity contribution < 1.29 is 14.6 Å². The first-order valence-corrected chi connectivity index (χ1v) is 10.1. The van der Waals surface area contributed by atoms with Gasteiger partial charge in [0.15, 0.2) is 6.10 Å². The summed E-state index contributed by atoms with van der Waals surface area (Å²) in [4.78, 5) is 22.3. The summed E-state index contributed by atoms with van der Waals surface area (Å²) >= 11 is 6.41. The fraction of sp³-hybridized carbons (Fsp3) is 0.333. The fourth-order valence-electron chi connectivity index (χ4n) is 4.21. The molecular formula is C21H21ClN4O3. The minimum absolute atomic E-state index is 0.00396. The summed E-state index contributed by atoms with van der Waals surface area (Å²) < 4.78 is 6.19. The number of aromatic amines is 1. The number of aliphatic hydroxyl groups is 1. The van der Waals surface area contributed by atoms with Crippen molar-refractivity contribution in [1.29, 1.82) is 0 Å². The third-order valence-corrected chi connectivity index (χ3v) is 5.83. The summed E-state index contributed by atoms with van der Waals surface area (Å²) in [6.45, 7) is 1.75. The second-order valence-electron chi connectivity index (χ2n) is 7.47. The third kappa shape index (κ3) is 3.25. The molecule has 0 bridgehead atoms. The van der Waals surface area contributed by atoms with Crippen molar-refractivity contribution >= 4 is 28.5 Å². The van der Waals surface area contributed by atoms with E-state index in [4.69, 9.17) is 16.3 Å². The number of benzene rings is 1. The molecule has 0 spiro atoms. The van der Waals surface area contributed by atoms with Gasteiger partial charge in [0.2, 0.25) is 0 Å². The number of piperazine rings is 1. The predicted octanol–water partition coefficient (Wildman–Crippen LogP) is 1.98. The second kappa shape index (κ2) is 7.33. The maximum atomic E-state index is 13.1. The van der Waals surface area contributed by atoms with Gasteiger partial charge in [-0.2, -0.15) is 0 Å². The van der Waals surface area contributed by atoms with Crippen molar-refractivity contribution in [3.05, 3.63) is 47.2 Å². The van der Waals surface area contributed by atoms with Crippen LogP contribution in [-0.4, -0.2) is 64.3 Å². The van der Waals surface area contributed by atoms with Crippen LogP contribution in [0.5, 0.6) is 5.75 Å². The molecule has 2 unspecified atom stereocenters. The zero-order valence-electron chi connectivity index (χ0n) is 15.7. The molecule has 0 saturated carbocycles. The Labute approximate surface area is 172 Å². The SMILES string of the molecule is O=C(C1Cc2cc(Cl)cc(-c3ccnc4[nH]ccc34)c2O1)N1CCNC(CO)C1. The van der Waals surface area contributed by atoms with Crippen molar-refractivity contribution in [2.24, 2.45) is 0 Å². The van der Waals surface area contributed by atoms with Crippen LogP contribution >= 0.6 is 11.6 Å². The van der Waals surface area contributed by atoms with Crippen LogP contribution in [0.3, 0.4) is 0 Å². The van der Waals surface area contributed by atoms with E-state index < -0.39 is 6.10 Å². The molecule has 0 aliphatic carbocycles. The second-order valence-corrected chi connectivity index (χ2v) is 7.90. The van der Waals surface area contributed by atoms with Gasteiger partial charge in [0.05, 0.1) is 6.61 Å². The van der Waals surface area contributed by atoms with E-state index in [0.29, 0.717) is 36.8 Å². The van der Waals surface area contributed by atoms with E-state index in [1.54, 1.807) is 11.1 Å². The van der Waals surface area contributed by atoms with Crippen LogP contribution in [0.2, 0.25) is 5.02 Å². The van der Waals surface area contributed by atoms with Crippen molar-refractivity contribution in [1.82, 2.24) is 20.2 Å². The van der Waals surface area contributed by atoms with Crippen molar-refractivity contribution in [2.45, 2.75) is 18.6 Å². The number of hydrogen-bond donors (Lipinski definition) is 3. The van der Waals surface area contributed by atoms with Crippen LogP contribution in [-0.2, 0) is 11.2 Å². The van der Waals surface area contributed by atoms with Crippen molar-refractivity contribution in [3.63, 3.8) is 0 Å². The van der Waals surface area contributed by atoms with Crippen LogP contribution < -0.4 is 10.1 Å². The van der Waals surface area contributed by atoms with Crippen molar-refractivity contribution in [2.75, 3.05) is 26.2 Å². The normalized spacial score (nSPS) is 21.2. The highest BCUT2D eigenvalue weighted by atomic mass is 35.5. The first kappa shape index (κ1) is 18.4. The van der Waals surface area contributed by atoms with E-state index in [-0.39, 0.29) is 18.6 Å². The first-order valence-electron chi connectivity index (χ1n) is 9.68. The number of aliphatic hydroxyl groups excluding tert-OH is 1. The van der Waals surface area contributed by atoms with Gasteiger partial charge in [-0.25, -0.2) is 4.98 Å². The largest absolute Gasteiger partial charge is 0.479 e. The third-order valence-electron chi connectivity index (χ3n) is 5.61. The van der Waals surface area contributed by atoms with E-state index in [1.165, 1.54) is 0 Å². The smallest absolute Gasteiger partial charge is 0.264 e. The molecule has 150 valence electrons. The Hall–Kier alpha value is -2.61. The van der Waals surface area contributed by atoms with Crippen LogP contribution in [0.1, 0.15) is 5.56 Å². The molecule has 5 rings (SSSR count). The van der Waals surface area contributed by atoms with Gasteiger partial charge in [0, 0.05) is 66.0 Å². The van der Waals surface area contributed by atoms with E-state index in [2.05, 4.69) is 15.3 Å². The number of aromatic nitrogens is 2. The summed E-state index contributed by atoms with van der Waals surface area (Å²) in [5.41, 5.74) is 3.55. The number of carbonyl (C=O) groups is 1. The molecule has 1 amide bonds. The van der Waals surface area contributed by atoms with Gasteiger partial charge >= 0.3 is 0 Å². The number of H-pyrrole nitrogens is 1. The summed E-state index contributed by atoms with van der Waals surface area (Å²) in [5, 5.41) is 14.2. The number of rotatable bonds is 3. The maximum Gasteiger partial charge on any atom is 0.264 e. The van der Waals surface area contributed by atoms with Crippen molar-refractivity contribution in [3.8, 4) is 16.9 Å². The Balaban J connectivity index is 1.47. The van der Waals surface area contributed by atoms with Crippen LogP contribution in [0.25, 0.3) is 22.2 Å². The molecule has 7 nitrogen and oxygen atoms in total. The molecule has 3 aromatic rings. The zero-order chi connectivity index (χ0) is 20.0. The van der Waals surface area contributed by atoms with Gasteiger partial charge in [0.1, 0.15) is 11.4 Å². The van der Waals surface area contributed by atoms with E-state index in [9.17, 15) is 9.90 Å². The average Bonchev–Trinajstić information content (AvgIpc) is 3.39. The number of nitrogens with one attached hydrogen (secondary N) is 2. The molecule has 29 heavy (non-hydrogen) atoms. The van der Waals surface area contributed by atoms with Gasteiger partial charge in [-0.15, -0.1) is 0 Å². The molecule has 2 aliphatic heterocycles. The molecule has 2 aromatic heterocycles. The lowest BCUT2D eigenvalue weighted by molar-refractivity contribution is -0.139. The van der Waals surface area contributed by atoms with E-state index in [1.807, 2.05) is 30.5 Å². The Bertz CT molecular complexity index is 1080. The molecule has 4 heterocycles. The highest BCUT2D eigenvalue weighted by Gasteiger charge is 2.36. The van der Waals surface area contributed by atoms with Gasteiger partial charge < -0.3 is 25.0 Å². The topological polar surface area (TPSA) is 90.5 Å². The van der Waals surface area contributed by atoms with Gasteiger partial charge in [-0.05, 0) is 29.8 Å². The van der Waals surface area contributed by atoms with E-state index >= 15 is 0 Å². The summed E-state index contributed by atoms with van der Waals surface area (Å²) in [6.07, 6.45) is 3.50. The first-order chi connectivity index (χ1) is 14.1. The minimum atomic E-state index is -0.580. The lowest BCUT2D eigenvalue weighted by Gasteiger charge is -2.34. The fourth-order valence-corrected chi connectivity index (χ4v) is 4.45. The molecular weight excluding hydrogens is 392 g/mol. The Morgan fingerprint density at radius 3 is 3.10 bits per heavy atom. The monoisotopic (exact) mass is 412 g/mol. The highest BCUT2D eigenvalue weighted by Crippen LogP contribution is 2.43. The van der Waals surface area contributed by atoms with Gasteiger partial charge in [0.25, 0.3) is 5.91 Å². The quantitative estimate of drug-likeness (QED) is 0.612. The van der Waals surface area contributed by atoms with Crippen LogP contribution in [0.15, 0.2) is 36.7 Å². The molecule has 1 fully saturated rings. The lowest BCUT2D eigenvalue weighted by atomic mass is 9.99. The van der Waals surface area contributed by atoms with Crippen LogP contribution in [0, 0.1) is 0 Å². The number of nitrogens with zero attached hydrogens (tertiary/aromatic N) is 2. The predicted molar refractivity (Wildman–Crippen MR) is 110 cm³/mol. The molecule has 1 saturated heterocycles. The lowest BCUT2D eigenvalue weighted by Crippen LogP contribution is -2.56. The number of halogens is 1. The minimum Gasteiger partial charge on any atom is -0.479 e. The van der Waals surface area contributed by atoms with E-state index in [0.717, 1.165) is 27.7 Å². The number of carbonyl (C=O) groups excluding carboxylic acids is 1. The number of pyridine rings is 1. The zero-order valence-corrected chi connectivity index (χ0v) is 16.4. The number of ether oxygens (including phenoxy) is 1. The molecule has 2 atom stereocenters. The molecule has 2 aliphatic rings. The van der Waals surface area contributed by atoms with Crippen LogP contribution in [0.4, 0.5) is 0 Å². The number of amides is 1. The summed E-state index contributed by atoms with van der Waals surface area (Å²) in [6, 6.07) is 7.56. The average molecular weight is 413 g/mol. The maximum absolute atomic E-state index is 13.1. The molecule has 1 aromatic carbocycles.